The number of thiophene rings is 1. The van der Waals surface area contributed by atoms with Crippen molar-refractivity contribution in [2.24, 2.45) is 0 Å². The minimum Gasteiger partial charge on any atom is -0.465 e. The molecule has 0 aliphatic heterocycles. The zero-order valence-corrected chi connectivity index (χ0v) is 9.31. The van der Waals surface area contributed by atoms with Crippen molar-refractivity contribution in [1.29, 1.82) is 0 Å². The van der Waals surface area contributed by atoms with E-state index < -0.39 is 0 Å². The van der Waals surface area contributed by atoms with E-state index in [1.807, 2.05) is 5.38 Å². The second kappa shape index (κ2) is 6.60. The van der Waals surface area contributed by atoms with Crippen molar-refractivity contribution in [3.63, 3.8) is 0 Å². The predicted octanol–water partition coefficient (Wildman–Crippen LogP) is 3.02. The van der Waals surface area contributed by atoms with Gasteiger partial charge >= 0.3 is 5.97 Å². The van der Waals surface area contributed by atoms with Crippen LogP contribution in [0, 0.1) is 0 Å². The molecule has 14 heavy (non-hydrogen) atoms. The molecule has 0 fully saturated rings. The van der Waals surface area contributed by atoms with Gasteiger partial charge in [-0.1, -0.05) is 13.3 Å². The van der Waals surface area contributed by atoms with Gasteiger partial charge < -0.3 is 4.74 Å². The van der Waals surface area contributed by atoms with Gasteiger partial charge in [0.1, 0.15) is 0 Å². The highest BCUT2D eigenvalue weighted by molar-refractivity contribution is 7.07. The Balaban J connectivity index is 2.06. The van der Waals surface area contributed by atoms with Gasteiger partial charge in [0.05, 0.1) is 6.61 Å². The van der Waals surface area contributed by atoms with Crippen LogP contribution in [0.25, 0.3) is 0 Å². The summed E-state index contributed by atoms with van der Waals surface area (Å²) < 4.78 is 5.08. The molecule has 3 heteroatoms. The fraction of sp³-hybridized carbons (Fsp3) is 0.545. The van der Waals surface area contributed by atoms with Crippen LogP contribution in [0.4, 0.5) is 0 Å². The van der Waals surface area contributed by atoms with Crippen molar-refractivity contribution in [3.8, 4) is 0 Å². The third kappa shape index (κ3) is 4.42. The molecule has 1 aromatic rings. The summed E-state index contributed by atoms with van der Waals surface area (Å²) in [6.45, 7) is 2.58. The summed E-state index contributed by atoms with van der Waals surface area (Å²) in [6, 6.07) is 2.06. The van der Waals surface area contributed by atoms with Crippen molar-refractivity contribution in [2.75, 3.05) is 6.61 Å². The van der Waals surface area contributed by atoms with Gasteiger partial charge in [-0.25, -0.2) is 0 Å². The maximum absolute atomic E-state index is 11.1. The number of carbonyl (C=O) groups is 1. The van der Waals surface area contributed by atoms with Crippen LogP contribution in [-0.2, 0) is 16.0 Å². The molecule has 2 nitrogen and oxygen atoms in total. The summed E-state index contributed by atoms with van der Waals surface area (Å²) in [7, 11) is 0. The third-order valence-corrected chi connectivity index (χ3v) is 2.70. The molecule has 0 N–H and O–H groups in total. The van der Waals surface area contributed by atoms with Crippen LogP contribution in [0.15, 0.2) is 16.8 Å². The normalized spacial score (nSPS) is 10.1. The van der Waals surface area contributed by atoms with Gasteiger partial charge in [-0.15, -0.1) is 0 Å². The number of hydrogen-bond acceptors (Lipinski definition) is 3. The van der Waals surface area contributed by atoms with E-state index in [9.17, 15) is 4.79 Å². The summed E-state index contributed by atoms with van der Waals surface area (Å²) in [5, 5.41) is 4.12. The van der Waals surface area contributed by atoms with Gasteiger partial charge in [0.25, 0.3) is 0 Å². The Hall–Kier alpha value is -0.830. The first kappa shape index (κ1) is 11.2. The molecule has 1 aromatic heterocycles. The Labute approximate surface area is 88.9 Å². The first-order valence-electron chi connectivity index (χ1n) is 4.99. The monoisotopic (exact) mass is 212 g/mol. The summed E-state index contributed by atoms with van der Waals surface area (Å²) >= 11 is 1.67. The number of esters is 1. The van der Waals surface area contributed by atoms with Gasteiger partial charge in [-0.05, 0) is 28.8 Å². The first-order chi connectivity index (χ1) is 6.83. The summed E-state index contributed by atoms with van der Waals surface area (Å²) in [6.07, 6.45) is 3.36. The number of hydrogen-bond donors (Lipinski definition) is 0. The second-order valence-electron chi connectivity index (χ2n) is 3.21. The molecule has 0 aromatic carbocycles. The zero-order chi connectivity index (χ0) is 10.2. The van der Waals surface area contributed by atoms with E-state index >= 15 is 0 Å². The van der Waals surface area contributed by atoms with Crippen LogP contribution in [-0.4, -0.2) is 12.6 Å². The highest BCUT2D eigenvalue weighted by Gasteiger charge is 2.01. The lowest BCUT2D eigenvalue weighted by molar-refractivity contribution is -0.143. The molecule has 78 valence electrons. The van der Waals surface area contributed by atoms with Gasteiger partial charge in [0.2, 0.25) is 0 Å². The Bertz CT molecular complexity index is 254. The van der Waals surface area contributed by atoms with Crippen LogP contribution < -0.4 is 0 Å². The smallest absolute Gasteiger partial charge is 0.305 e. The fourth-order valence-corrected chi connectivity index (χ4v) is 1.81. The fourth-order valence-electron chi connectivity index (χ4n) is 1.11. The summed E-state index contributed by atoms with van der Waals surface area (Å²) in [5.74, 6) is -0.0675. The van der Waals surface area contributed by atoms with Crippen molar-refractivity contribution in [3.05, 3.63) is 22.4 Å². The molecule has 0 atom stereocenters. The summed E-state index contributed by atoms with van der Waals surface area (Å²) in [5.41, 5.74) is 1.25. The number of carbonyl (C=O) groups excluding carboxylic acids is 1. The van der Waals surface area contributed by atoms with E-state index in [0.29, 0.717) is 13.0 Å². The molecule has 0 amide bonds. The molecule has 0 saturated heterocycles. The maximum Gasteiger partial charge on any atom is 0.305 e. The molecule has 0 aliphatic carbocycles. The predicted molar refractivity (Wildman–Crippen MR) is 58.5 cm³/mol. The third-order valence-electron chi connectivity index (χ3n) is 1.97. The molecule has 1 rings (SSSR count). The lowest BCUT2D eigenvalue weighted by atomic mass is 10.2. The number of ether oxygens (including phenoxy) is 1. The lowest BCUT2D eigenvalue weighted by Gasteiger charge is -2.02. The van der Waals surface area contributed by atoms with Gasteiger partial charge in [-0.2, -0.15) is 11.3 Å². The van der Waals surface area contributed by atoms with E-state index in [1.165, 1.54) is 5.56 Å². The van der Waals surface area contributed by atoms with Crippen molar-refractivity contribution in [1.82, 2.24) is 0 Å². The quantitative estimate of drug-likeness (QED) is 0.677. The van der Waals surface area contributed by atoms with E-state index in [1.54, 1.807) is 11.3 Å². The van der Waals surface area contributed by atoms with Gasteiger partial charge in [0, 0.05) is 12.8 Å². The van der Waals surface area contributed by atoms with Crippen molar-refractivity contribution in [2.45, 2.75) is 32.6 Å². The highest BCUT2D eigenvalue weighted by Crippen LogP contribution is 2.06. The molecule has 0 bridgehead atoms. The van der Waals surface area contributed by atoms with E-state index in [2.05, 4.69) is 18.4 Å². The highest BCUT2D eigenvalue weighted by atomic mass is 32.1. The molecular formula is C11H16O2S. The average molecular weight is 212 g/mol. The minimum atomic E-state index is -0.0675. The Morgan fingerprint density at radius 2 is 2.43 bits per heavy atom. The SMILES string of the molecule is CCCCC(=O)OCCc1ccsc1. The average Bonchev–Trinajstić information content (AvgIpc) is 2.67. The number of rotatable bonds is 6. The van der Waals surface area contributed by atoms with Gasteiger partial charge in [-0.3, -0.25) is 4.79 Å². The molecule has 0 radical (unpaired) electrons. The first-order valence-corrected chi connectivity index (χ1v) is 5.94. The van der Waals surface area contributed by atoms with Crippen molar-refractivity contribution >= 4 is 17.3 Å². The molecular weight excluding hydrogens is 196 g/mol. The zero-order valence-electron chi connectivity index (χ0n) is 8.49. The lowest BCUT2D eigenvalue weighted by Crippen LogP contribution is -2.06. The van der Waals surface area contributed by atoms with Gasteiger partial charge in [0.15, 0.2) is 0 Å². The second-order valence-corrected chi connectivity index (χ2v) is 3.99. The largest absolute Gasteiger partial charge is 0.465 e. The molecule has 1 heterocycles. The molecule has 0 spiro atoms. The van der Waals surface area contributed by atoms with Crippen LogP contribution >= 0.6 is 11.3 Å². The molecule has 0 unspecified atom stereocenters. The van der Waals surface area contributed by atoms with E-state index in [-0.39, 0.29) is 5.97 Å². The topological polar surface area (TPSA) is 26.3 Å². The van der Waals surface area contributed by atoms with Crippen LogP contribution in [0.2, 0.25) is 0 Å². The number of unbranched alkanes of at least 4 members (excludes halogenated alkanes) is 1. The summed E-state index contributed by atoms with van der Waals surface area (Å²) in [4.78, 5) is 11.1. The Morgan fingerprint density at radius 1 is 1.57 bits per heavy atom. The van der Waals surface area contributed by atoms with Crippen LogP contribution in [0.1, 0.15) is 31.7 Å². The van der Waals surface area contributed by atoms with Crippen LogP contribution in [0.3, 0.4) is 0 Å². The van der Waals surface area contributed by atoms with Crippen LogP contribution in [0.5, 0.6) is 0 Å². The van der Waals surface area contributed by atoms with Crippen molar-refractivity contribution < 1.29 is 9.53 Å². The molecule has 0 saturated carbocycles. The Morgan fingerprint density at radius 3 is 3.07 bits per heavy atom. The maximum atomic E-state index is 11.1. The Kier molecular flexibility index (Phi) is 5.30. The standard InChI is InChI=1S/C11H16O2S/c1-2-3-4-11(12)13-7-5-10-6-8-14-9-10/h6,8-9H,2-5,7H2,1H3. The van der Waals surface area contributed by atoms with E-state index in [4.69, 9.17) is 4.74 Å². The minimum absolute atomic E-state index is 0.0675. The molecule has 0 aliphatic rings. The van der Waals surface area contributed by atoms with E-state index in [0.717, 1.165) is 19.3 Å².